The number of H-pyrrole nitrogens is 1. The molecule has 0 aliphatic carbocycles. The van der Waals surface area contributed by atoms with E-state index in [1.807, 2.05) is 24.3 Å². The SMILES string of the molecule is COc1ccccc1N(C(=O)S)c1ccc(-c2ccc(=O)[nH]n2)cc1. The molecule has 126 valence electrons. The Balaban J connectivity index is 1.99. The van der Waals surface area contributed by atoms with Crippen molar-refractivity contribution in [1.82, 2.24) is 10.2 Å². The molecule has 2 aromatic carbocycles. The smallest absolute Gasteiger partial charge is 0.287 e. The summed E-state index contributed by atoms with van der Waals surface area (Å²) in [7, 11) is 1.55. The molecule has 25 heavy (non-hydrogen) atoms. The maximum atomic E-state index is 12.1. The van der Waals surface area contributed by atoms with Crippen LogP contribution in [0.15, 0.2) is 65.5 Å². The first-order chi connectivity index (χ1) is 12.1. The summed E-state index contributed by atoms with van der Waals surface area (Å²) in [6.07, 6.45) is 0. The van der Waals surface area contributed by atoms with Gasteiger partial charge in [0, 0.05) is 17.3 Å². The summed E-state index contributed by atoms with van der Waals surface area (Å²) < 4.78 is 5.33. The highest BCUT2D eigenvalue weighted by Crippen LogP contribution is 2.35. The monoisotopic (exact) mass is 353 g/mol. The van der Waals surface area contributed by atoms with Gasteiger partial charge < -0.3 is 4.74 Å². The van der Waals surface area contributed by atoms with Crippen molar-refractivity contribution < 1.29 is 9.53 Å². The molecule has 0 radical (unpaired) electrons. The van der Waals surface area contributed by atoms with Gasteiger partial charge in [0.15, 0.2) is 0 Å². The van der Waals surface area contributed by atoms with Crippen LogP contribution in [-0.4, -0.2) is 22.5 Å². The molecule has 6 nitrogen and oxygen atoms in total. The molecule has 0 atom stereocenters. The molecular weight excluding hydrogens is 338 g/mol. The highest BCUT2D eigenvalue weighted by molar-refractivity contribution is 7.97. The van der Waals surface area contributed by atoms with Gasteiger partial charge in [0.2, 0.25) is 0 Å². The number of hydrogen-bond acceptors (Lipinski definition) is 4. The van der Waals surface area contributed by atoms with Crippen LogP contribution in [0.4, 0.5) is 16.2 Å². The Bertz CT molecular complexity index is 934. The first-order valence-electron chi connectivity index (χ1n) is 7.42. The summed E-state index contributed by atoms with van der Waals surface area (Å²) in [6.45, 7) is 0. The number of carbonyl (C=O) groups is 1. The second kappa shape index (κ2) is 7.23. The highest BCUT2D eigenvalue weighted by Gasteiger charge is 2.18. The average molecular weight is 353 g/mol. The zero-order valence-corrected chi connectivity index (χ0v) is 14.2. The summed E-state index contributed by atoms with van der Waals surface area (Å²) >= 11 is 3.99. The zero-order valence-electron chi connectivity index (χ0n) is 13.3. The van der Waals surface area contributed by atoms with Gasteiger partial charge in [0.25, 0.3) is 10.8 Å². The second-order valence-electron chi connectivity index (χ2n) is 5.14. The van der Waals surface area contributed by atoms with E-state index in [-0.39, 0.29) is 5.56 Å². The zero-order chi connectivity index (χ0) is 17.8. The van der Waals surface area contributed by atoms with E-state index >= 15 is 0 Å². The molecule has 0 saturated heterocycles. The van der Waals surface area contributed by atoms with Crippen LogP contribution in [-0.2, 0) is 0 Å². The first-order valence-corrected chi connectivity index (χ1v) is 7.87. The van der Waals surface area contributed by atoms with Crippen LogP contribution < -0.4 is 15.2 Å². The average Bonchev–Trinajstić information content (AvgIpc) is 2.63. The molecule has 3 rings (SSSR count). The second-order valence-corrected chi connectivity index (χ2v) is 5.53. The fourth-order valence-electron chi connectivity index (χ4n) is 2.45. The van der Waals surface area contributed by atoms with Crippen molar-refractivity contribution in [1.29, 1.82) is 0 Å². The van der Waals surface area contributed by atoms with E-state index in [9.17, 15) is 9.59 Å². The van der Waals surface area contributed by atoms with Crippen molar-refractivity contribution in [2.24, 2.45) is 0 Å². The van der Waals surface area contributed by atoms with Gasteiger partial charge in [-0.25, -0.2) is 5.10 Å². The van der Waals surface area contributed by atoms with Gasteiger partial charge in [-0.05, 0) is 30.3 Å². The third-order valence-electron chi connectivity index (χ3n) is 3.62. The number of hydrogen-bond donors (Lipinski definition) is 2. The molecule has 0 spiro atoms. The van der Waals surface area contributed by atoms with Crippen molar-refractivity contribution in [3.05, 3.63) is 71.0 Å². The minimum absolute atomic E-state index is 0.261. The van der Waals surface area contributed by atoms with E-state index in [1.54, 1.807) is 37.4 Å². The summed E-state index contributed by atoms with van der Waals surface area (Å²) in [4.78, 5) is 24.6. The lowest BCUT2D eigenvalue weighted by molar-refractivity contribution is 0.267. The molecular formula is C18H15N3O3S. The number of amides is 1. The lowest BCUT2D eigenvalue weighted by Crippen LogP contribution is -2.20. The van der Waals surface area contributed by atoms with Crippen molar-refractivity contribution in [2.75, 3.05) is 12.0 Å². The van der Waals surface area contributed by atoms with E-state index in [0.717, 1.165) is 5.56 Å². The number of methoxy groups -OCH3 is 1. The Morgan fingerprint density at radius 2 is 1.80 bits per heavy atom. The van der Waals surface area contributed by atoms with Gasteiger partial charge in [-0.1, -0.05) is 36.9 Å². The maximum Gasteiger partial charge on any atom is 0.287 e. The highest BCUT2D eigenvalue weighted by atomic mass is 32.1. The fourth-order valence-corrected chi connectivity index (χ4v) is 2.68. The summed E-state index contributed by atoms with van der Waals surface area (Å²) in [6, 6.07) is 17.4. The van der Waals surface area contributed by atoms with Crippen LogP contribution in [0, 0.1) is 0 Å². The largest absolute Gasteiger partial charge is 0.495 e. The molecule has 0 saturated carbocycles. The molecule has 1 aromatic heterocycles. The van der Waals surface area contributed by atoms with Crippen LogP contribution >= 0.6 is 12.6 Å². The number of para-hydroxylation sites is 2. The molecule has 1 N–H and O–H groups in total. The number of carbonyl (C=O) groups excluding carboxylic acids is 1. The molecule has 0 unspecified atom stereocenters. The lowest BCUT2D eigenvalue weighted by atomic mass is 10.1. The predicted molar refractivity (Wildman–Crippen MR) is 99.8 cm³/mol. The Labute approximate surface area is 149 Å². The van der Waals surface area contributed by atoms with Crippen LogP contribution in [0.3, 0.4) is 0 Å². The number of benzene rings is 2. The summed E-state index contributed by atoms with van der Waals surface area (Å²) in [5.41, 5.74) is 2.42. The number of ether oxygens (including phenoxy) is 1. The fraction of sp³-hybridized carbons (Fsp3) is 0.0556. The van der Waals surface area contributed by atoms with E-state index in [1.165, 1.54) is 11.0 Å². The number of nitrogens with one attached hydrogen (secondary N) is 1. The van der Waals surface area contributed by atoms with Gasteiger partial charge in [-0.2, -0.15) is 5.10 Å². The number of aromatic amines is 1. The van der Waals surface area contributed by atoms with E-state index < -0.39 is 5.24 Å². The lowest BCUT2D eigenvalue weighted by Gasteiger charge is -2.22. The van der Waals surface area contributed by atoms with E-state index in [0.29, 0.717) is 22.8 Å². The van der Waals surface area contributed by atoms with Gasteiger partial charge in [-0.3, -0.25) is 14.5 Å². The predicted octanol–water partition coefficient (Wildman–Crippen LogP) is 3.63. The van der Waals surface area contributed by atoms with Crippen molar-refractivity contribution >= 4 is 29.2 Å². The Morgan fingerprint density at radius 1 is 1.08 bits per heavy atom. The quantitative estimate of drug-likeness (QED) is 0.702. The number of anilines is 2. The van der Waals surface area contributed by atoms with Gasteiger partial charge in [0.05, 0.1) is 18.5 Å². The number of thiol groups is 1. The molecule has 1 heterocycles. The molecule has 0 fully saturated rings. The molecule has 0 aliphatic rings. The van der Waals surface area contributed by atoms with Crippen LogP contribution in [0.1, 0.15) is 0 Å². The molecule has 7 heteroatoms. The van der Waals surface area contributed by atoms with Gasteiger partial charge in [-0.15, -0.1) is 0 Å². The van der Waals surface area contributed by atoms with Crippen LogP contribution in [0.25, 0.3) is 11.3 Å². The minimum Gasteiger partial charge on any atom is -0.495 e. The first kappa shape index (κ1) is 16.8. The number of rotatable bonds is 4. The number of nitrogens with zero attached hydrogens (tertiary/aromatic N) is 2. The summed E-state index contributed by atoms with van der Waals surface area (Å²) in [5, 5.41) is 5.96. The molecule has 0 aliphatic heterocycles. The van der Waals surface area contributed by atoms with Crippen molar-refractivity contribution in [3.63, 3.8) is 0 Å². The number of aromatic nitrogens is 2. The molecule has 3 aromatic rings. The third kappa shape index (κ3) is 3.56. The van der Waals surface area contributed by atoms with Crippen LogP contribution in [0.2, 0.25) is 0 Å². The minimum atomic E-state index is -0.431. The van der Waals surface area contributed by atoms with Crippen LogP contribution in [0.5, 0.6) is 5.75 Å². The third-order valence-corrected chi connectivity index (χ3v) is 3.82. The topological polar surface area (TPSA) is 75.3 Å². The maximum absolute atomic E-state index is 12.1. The Hall–Kier alpha value is -3.06. The summed E-state index contributed by atoms with van der Waals surface area (Å²) in [5.74, 6) is 0.566. The van der Waals surface area contributed by atoms with Gasteiger partial charge in [0.1, 0.15) is 5.75 Å². The Morgan fingerprint density at radius 3 is 2.40 bits per heavy atom. The van der Waals surface area contributed by atoms with Crippen molar-refractivity contribution in [3.8, 4) is 17.0 Å². The van der Waals surface area contributed by atoms with Crippen molar-refractivity contribution in [2.45, 2.75) is 0 Å². The van der Waals surface area contributed by atoms with E-state index in [4.69, 9.17) is 4.74 Å². The van der Waals surface area contributed by atoms with E-state index in [2.05, 4.69) is 22.8 Å². The molecule has 0 bridgehead atoms. The Kier molecular flexibility index (Phi) is 4.85. The molecule has 1 amide bonds. The normalized spacial score (nSPS) is 10.3. The standard InChI is InChI=1S/C18H15N3O3S/c1-24-16-5-3-2-4-15(16)21(18(23)25)13-8-6-12(7-9-13)14-10-11-17(22)20-19-14/h2-11H,1H3,(H,20,22)(H,23,25). The van der Waals surface area contributed by atoms with Gasteiger partial charge >= 0.3 is 0 Å².